The number of benzene rings is 3. The third-order valence-corrected chi connectivity index (χ3v) is 10.8. The minimum absolute atomic E-state index is 0.0112. The van der Waals surface area contributed by atoms with E-state index in [1.54, 1.807) is 17.0 Å². The molecule has 1 unspecified atom stereocenters. The Kier molecular flexibility index (Phi) is 8.97. The highest BCUT2D eigenvalue weighted by Crippen LogP contribution is 2.32. The number of piperidine rings is 1. The van der Waals surface area contributed by atoms with E-state index in [0.29, 0.717) is 37.8 Å². The fraction of sp³-hybridized carbons (Fsp3) is 0.394. The lowest BCUT2D eigenvalue weighted by atomic mass is 9.90. The number of ether oxygens (including phenoxy) is 1. The maximum absolute atomic E-state index is 14.1. The summed E-state index contributed by atoms with van der Waals surface area (Å²) in [6.45, 7) is 1.05. The summed E-state index contributed by atoms with van der Waals surface area (Å²) in [5, 5.41) is 2.58. The van der Waals surface area contributed by atoms with Crippen molar-refractivity contribution in [2.24, 2.45) is 5.92 Å². The van der Waals surface area contributed by atoms with Crippen LogP contribution >= 0.6 is 0 Å². The summed E-state index contributed by atoms with van der Waals surface area (Å²) in [7, 11) is -4.13. The van der Waals surface area contributed by atoms with Crippen LogP contribution in [0.4, 0.5) is 23.7 Å². The summed E-state index contributed by atoms with van der Waals surface area (Å²) in [5.41, 5.74) is 1.31. The fourth-order valence-corrected chi connectivity index (χ4v) is 7.98. The lowest BCUT2D eigenvalue weighted by Crippen LogP contribution is -2.62. The molecule has 244 valence electrons. The summed E-state index contributed by atoms with van der Waals surface area (Å²) in [5.74, 6) is 0.644. The zero-order chi connectivity index (χ0) is 32.5. The van der Waals surface area contributed by atoms with Gasteiger partial charge in [0, 0.05) is 44.8 Å². The predicted octanol–water partition coefficient (Wildman–Crippen LogP) is 5.03. The predicted molar refractivity (Wildman–Crippen MR) is 165 cm³/mol. The number of nitrogens with zero attached hydrogens (tertiary/aromatic N) is 3. The molecule has 2 saturated heterocycles. The van der Waals surface area contributed by atoms with Crippen LogP contribution in [0.3, 0.4) is 0 Å². The summed E-state index contributed by atoms with van der Waals surface area (Å²) >= 11 is 0. The van der Waals surface area contributed by atoms with Crippen LogP contribution in [-0.2, 0) is 33.8 Å². The second-order valence-corrected chi connectivity index (χ2v) is 13.8. The van der Waals surface area contributed by atoms with Gasteiger partial charge in [0.25, 0.3) is 0 Å². The number of anilines is 1. The van der Waals surface area contributed by atoms with E-state index in [-0.39, 0.29) is 36.1 Å². The molecule has 2 fully saturated rings. The molecular formula is C33H35F3N4O5S. The van der Waals surface area contributed by atoms with Gasteiger partial charge in [-0.3, -0.25) is 4.79 Å². The Hall–Kier alpha value is -4.10. The van der Waals surface area contributed by atoms with Crippen LogP contribution in [0.1, 0.15) is 29.5 Å². The first-order valence-corrected chi connectivity index (χ1v) is 16.8. The van der Waals surface area contributed by atoms with Crippen molar-refractivity contribution in [3.63, 3.8) is 0 Å². The van der Waals surface area contributed by atoms with Crippen molar-refractivity contribution in [1.82, 2.24) is 14.1 Å². The van der Waals surface area contributed by atoms with E-state index in [4.69, 9.17) is 4.74 Å². The Morgan fingerprint density at radius 3 is 2.30 bits per heavy atom. The highest BCUT2D eigenvalue weighted by atomic mass is 32.2. The summed E-state index contributed by atoms with van der Waals surface area (Å²) < 4.78 is 73.7. The maximum atomic E-state index is 14.1. The van der Waals surface area contributed by atoms with Crippen LogP contribution in [0.2, 0.25) is 0 Å². The molecule has 1 N–H and O–H groups in total. The highest BCUT2D eigenvalue weighted by molar-refractivity contribution is 7.89. The second-order valence-electron chi connectivity index (χ2n) is 11.9. The summed E-state index contributed by atoms with van der Waals surface area (Å²) in [4.78, 5) is 30.4. The average Bonchev–Trinajstić information content (AvgIpc) is 3.53. The SMILES string of the molecule is O=C(Nc1ccc(C(F)(F)F)cc1)N1CCN(S(=O)(=O)c2ccc3c(c2)CCO3)C(C(=O)N2CCC(Cc3ccccc3)CC2)C1. The molecule has 3 amide bonds. The van der Waals surface area contributed by atoms with E-state index in [0.717, 1.165) is 49.1 Å². The van der Waals surface area contributed by atoms with Crippen LogP contribution in [0, 0.1) is 5.92 Å². The number of carbonyl (C=O) groups is 2. The van der Waals surface area contributed by atoms with E-state index >= 15 is 0 Å². The monoisotopic (exact) mass is 656 g/mol. The molecule has 0 radical (unpaired) electrons. The van der Waals surface area contributed by atoms with E-state index in [2.05, 4.69) is 17.4 Å². The number of halogens is 3. The number of hydrogen-bond donors (Lipinski definition) is 1. The Morgan fingerprint density at radius 2 is 1.61 bits per heavy atom. The lowest BCUT2D eigenvalue weighted by molar-refractivity contribution is -0.138. The lowest BCUT2D eigenvalue weighted by Gasteiger charge is -2.42. The van der Waals surface area contributed by atoms with Crippen molar-refractivity contribution in [3.05, 3.63) is 89.5 Å². The summed E-state index contributed by atoms with van der Waals surface area (Å²) in [6, 6.07) is 17.0. The zero-order valence-corrected chi connectivity index (χ0v) is 25.9. The third-order valence-electron chi connectivity index (χ3n) is 8.93. The average molecular weight is 657 g/mol. The number of carbonyl (C=O) groups excluding carboxylic acids is 2. The third kappa shape index (κ3) is 6.85. The molecule has 46 heavy (non-hydrogen) atoms. The number of fused-ring (bicyclic) bond motifs is 1. The molecule has 13 heteroatoms. The molecular weight excluding hydrogens is 621 g/mol. The smallest absolute Gasteiger partial charge is 0.416 e. The molecule has 3 aromatic carbocycles. The Bertz CT molecular complexity index is 1680. The first-order chi connectivity index (χ1) is 22.0. The largest absolute Gasteiger partial charge is 0.493 e. The molecule has 3 aliphatic rings. The van der Waals surface area contributed by atoms with Gasteiger partial charge in [-0.25, -0.2) is 13.2 Å². The van der Waals surface area contributed by atoms with Gasteiger partial charge in [-0.15, -0.1) is 0 Å². The zero-order valence-electron chi connectivity index (χ0n) is 25.1. The van der Waals surface area contributed by atoms with Crippen LogP contribution in [0.25, 0.3) is 0 Å². The van der Waals surface area contributed by atoms with Gasteiger partial charge >= 0.3 is 12.2 Å². The number of piperazine rings is 1. The topological polar surface area (TPSA) is 99.3 Å². The van der Waals surface area contributed by atoms with Crippen LogP contribution in [-0.4, -0.2) is 79.8 Å². The molecule has 6 rings (SSSR count). The van der Waals surface area contributed by atoms with Crippen molar-refractivity contribution >= 4 is 27.6 Å². The van der Waals surface area contributed by atoms with Gasteiger partial charge in [0.05, 0.1) is 17.1 Å². The normalized spacial score (nSPS) is 19.4. The number of hydrogen-bond acceptors (Lipinski definition) is 5. The number of alkyl halides is 3. The van der Waals surface area contributed by atoms with Crippen LogP contribution in [0.5, 0.6) is 5.75 Å². The summed E-state index contributed by atoms with van der Waals surface area (Å²) in [6.07, 6.45) is -1.50. The van der Waals surface area contributed by atoms with E-state index in [9.17, 15) is 31.2 Å². The molecule has 3 heterocycles. The number of likely N-dealkylation sites (tertiary alicyclic amines) is 1. The molecule has 9 nitrogen and oxygen atoms in total. The van der Waals surface area contributed by atoms with Gasteiger partial charge in [0.2, 0.25) is 15.9 Å². The van der Waals surface area contributed by atoms with Crippen molar-refractivity contribution in [3.8, 4) is 5.75 Å². The maximum Gasteiger partial charge on any atom is 0.416 e. The molecule has 3 aliphatic heterocycles. The van der Waals surface area contributed by atoms with Crippen LogP contribution in [0.15, 0.2) is 77.7 Å². The van der Waals surface area contributed by atoms with Crippen molar-refractivity contribution in [2.45, 2.75) is 42.8 Å². The number of amides is 3. The van der Waals surface area contributed by atoms with Crippen molar-refractivity contribution in [1.29, 1.82) is 0 Å². The minimum atomic E-state index is -4.51. The van der Waals surface area contributed by atoms with Gasteiger partial charge in [0.15, 0.2) is 0 Å². The molecule has 1 atom stereocenters. The Balaban J connectivity index is 1.20. The quantitative estimate of drug-likeness (QED) is 0.402. The number of rotatable bonds is 6. The Morgan fingerprint density at radius 1 is 0.891 bits per heavy atom. The van der Waals surface area contributed by atoms with Crippen LogP contribution < -0.4 is 10.1 Å². The standard InChI is InChI=1S/C33H35F3N4O5S/c34-33(35,36)26-6-8-27(9-7-26)37-32(42)39-17-18-40(46(43,44)28-10-11-30-25(21-28)14-19-45-30)29(22-39)31(41)38-15-12-24(13-16-38)20-23-4-2-1-3-5-23/h1-11,21,24,29H,12-20,22H2,(H,37,42). The van der Waals surface area contributed by atoms with Gasteiger partial charge in [-0.1, -0.05) is 30.3 Å². The first kappa shape index (κ1) is 31.9. The van der Waals surface area contributed by atoms with Crippen molar-refractivity contribution < 1.29 is 35.9 Å². The molecule has 0 aliphatic carbocycles. The highest BCUT2D eigenvalue weighted by Gasteiger charge is 2.44. The fourth-order valence-electron chi connectivity index (χ4n) is 6.36. The molecule has 0 aromatic heterocycles. The number of sulfonamides is 1. The van der Waals surface area contributed by atoms with Gasteiger partial charge in [0.1, 0.15) is 11.8 Å². The first-order valence-electron chi connectivity index (χ1n) is 15.3. The minimum Gasteiger partial charge on any atom is -0.493 e. The molecule has 3 aromatic rings. The number of urea groups is 1. The van der Waals surface area contributed by atoms with E-state index in [1.807, 2.05) is 18.2 Å². The number of nitrogens with one attached hydrogen (secondary N) is 1. The van der Waals surface area contributed by atoms with E-state index in [1.165, 1.54) is 20.8 Å². The Labute approximate surface area is 266 Å². The molecule has 0 saturated carbocycles. The second kappa shape index (κ2) is 13.0. The van der Waals surface area contributed by atoms with Gasteiger partial charge in [-0.2, -0.15) is 17.5 Å². The van der Waals surface area contributed by atoms with E-state index < -0.39 is 33.8 Å². The van der Waals surface area contributed by atoms with Gasteiger partial charge < -0.3 is 19.9 Å². The van der Waals surface area contributed by atoms with Crippen molar-refractivity contribution in [2.75, 3.05) is 44.6 Å². The molecule has 0 bridgehead atoms. The molecule has 0 spiro atoms. The van der Waals surface area contributed by atoms with Gasteiger partial charge in [-0.05, 0) is 78.8 Å².